The van der Waals surface area contributed by atoms with Gasteiger partial charge in [0.2, 0.25) is 0 Å². The van der Waals surface area contributed by atoms with Crippen molar-refractivity contribution < 1.29 is 18.3 Å². The number of pyridine rings is 1. The molecule has 0 aliphatic rings. The number of aryl methyl sites for hydroxylation is 1. The molecule has 0 aliphatic carbocycles. The Hall–Kier alpha value is -1.63. The molecule has 0 radical (unpaired) electrons. The zero-order valence-corrected chi connectivity index (χ0v) is 10.8. The minimum atomic E-state index is -3.06. The van der Waals surface area contributed by atoms with E-state index in [0.717, 1.165) is 6.07 Å². The lowest BCUT2D eigenvalue weighted by atomic mass is 10.3. The fourth-order valence-corrected chi connectivity index (χ4v) is 2.29. The largest absolute Gasteiger partial charge is 0.478 e. The fourth-order valence-electron chi connectivity index (χ4n) is 1.43. The summed E-state index contributed by atoms with van der Waals surface area (Å²) in [4.78, 5) is 22.2. The molecule has 0 bridgehead atoms. The summed E-state index contributed by atoms with van der Waals surface area (Å²) in [5, 5.41) is 8.78. The summed E-state index contributed by atoms with van der Waals surface area (Å²) in [6.45, 7) is 1.76. The van der Waals surface area contributed by atoms with Crippen LogP contribution in [0, 0.1) is 0 Å². The molecule has 1 heterocycles. The predicted molar refractivity (Wildman–Crippen MR) is 66.6 cm³/mol. The van der Waals surface area contributed by atoms with E-state index >= 15 is 0 Å². The molecule has 1 aromatic heterocycles. The molecule has 0 spiro atoms. The van der Waals surface area contributed by atoms with Crippen molar-refractivity contribution in [1.29, 1.82) is 0 Å². The Balaban J connectivity index is 2.76. The second-order valence-electron chi connectivity index (χ2n) is 3.84. The van der Waals surface area contributed by atoms with E-state index in [1.54, 1.807) is 6.92 Å². The number of hydrogen-bond donors (Lipinski definition) is 1. The van der Waals surface area contributed by atoms with Gasteiger partial charge in [0, 0.05) is 24.6 Å². The summed E-state index contributed by atoms with van der Waals surface area (Å²) < 4.78 is 23.8. The number of aromatic carboxylic acids is 1. The first-order valence-electron chi connectivity index (χ1n) is 5.50. The van der Waals surface area contributed by atoms with Crippen LogP contribution in [-0.4, -0.2) is 35.6 Å². The third-order valence-corrected chi connectivity index (χ3v) is 4.31. The third kappa shape index (κ3) is 3.99. The summed E-state index contributed by atoms with van der Waals surface area (Å²) in [6, 6.07) is 2.39. The Morgan fingerprint density at radius 3 is 2.61 bits per heavy atom. The number of nitrogens with zero attached hydrogens (tertiary/aromatic N) is 1. The molecule has 0 atom stereocenters. The Kier molecular flexibility index (Phi) is 4.66. The van der Waals surface area contributed by atoms with Gasteiger partial charge in [0.25, 0.3) is 5.56 Å². The van der Waals surface area contributed by atoms with Crippen LogP contribution in [0.2, 0.25) is 0 Å². The van der Waals surface area contributed by atoms with Crippen molar-refractivity contribution >= 4 is 15.8 Å². The van der Waals surface area contributed by atoms with Crippen LogP contribution in [0.15, 0.2) is 23.1 Å². The number of aromatic nitrogens is 1. The normalized spacial score (nSPS) is 11.4. The van der Waals surface area contributed by atoms with E-state index < -0.39 is 15.8 Å². The monoisotopic (exact) mass is 273 g/mol. The van der Waals surface area contributed by atoms with Crippen LogP contribution in [0.5, 0.6) is 0 Å². The molecule has 1 aromatic rings. The summed E-state index contributed by atoms with van der Waals surface area (Å²) in [6.07, 6.45) is 1.52. The molecule has 100 valence electrons. The molecule has 0 saturated carbocycles. The first-order chi connectivity index (χ1) is 8.35. The molecule has 0 saturated heterocycles. The first kappa shape index (κ1) is 14.4. The van der Waals surface area contributed by atoms with Crippen molar-refractivity contribution in [3.8, 4) is 0 Å². The number of carboxylic acid groups (broad SMARTS) is 1. The average Bonchev–Trinajstić information content (AvgIpc) is 2.31. The Morgan fingerprint density at radius 2 is 2.06 bits per heavy atom. The van der Waals surface area contributed by atoms with E-state index in [9.17, 15) is 18.0 Å². The molecule has 6 nitrogen and oxygen atoms in total. The van der Waals surface area contributed by atoms with Crippen molar-refractivity contribution in [2.24, 2.45) is 0 Å². The maximum Gasteiger partial charge on any atom is 0.337 e. The van der Waals surface area contributed by atoms with Gasteiger partial charge in [0.1, 0.15) is 9.84 Å². The topological polar surface area (TPSA) is 93.4 Å². The molecule has 0 amide bonds. The van der Waals surface area contributed by atoms with E-state index in [4.69, 9.17) is 5.11 Å². The first-order valence-corrected chi connectivity index (χ1v) is 7.32. The molecule has 1 N–H and O–H groups in total. The predicted octanol–water partition coefficient (Wildman–Crippen LogP) is 0.371. The second-order valence-corrected chi connectivity index (χ2v) is 6.32. The molecular formula is C11H15NO5S. The number of hydrogen-bond acceptors (Lipinski definition) is 4. The smallest absolute Gasteiger partial charge is 0.337 e. The quantitative estimate of drug-likeness (QED) is 0.808. The Morgan fingerprint density at radius 1 is 1.39 bits per heavy atom. The lowest BCUT2D eigenvalue weighted by Gasteiger charge is -2.06. The molecule has 0 aromatic carbocycles. The number of sulfone groups is 1. The molecule has 7 heteroatoms. The van der Waals surface area contributed by atoms with Gasteiger partial charge in [-0.25, -0.2) is 13.2 Å². The SMILES string of the molecule is CCS(=O)(=O)CCCn1cc(C(=O)O)ccc1=O. The number of rotatable bonds is 6. The van der Waals surface area contributed by atoms with Crippen LogP contribution >= 0.6 is 0 Å². The van der Waals surface area contributed by atoms with Gasteiger partial charge in [0.05, 0.1) is 11.3 Å². The van der Waals surface area contributed by atoms with Crippen LogP contribution in [0.3, 0.4) is 0 Å². The molecule has 0 aliphatic heterocycles. The van der Waals surface area contributed by atoms with Gasteiger partial charge in [0.15, 0.2) is 0 Å². The van der Waals surface area contributed by atoms with Gasteiger partial charge in [-0.05, 0) is 12.5 Å². The zero-order valence-electron chi connectivity index (χ0n) is 10.00. The summed E-state index contributed by atoms with van der Waals surface area (Å²) >= 11 is 0. The standard InChI is InChI=1S/C11H15NO5S/c1-2-18(16,17)7-3-6-12-8-9(11(14)15)4-5-10(12)13/h4-5,8H,2-3,6-7H2,1H3,(H,14,15). The average molecular weight is 273 g/mol. The third-order valence-electron chi connectivity index (χ3n) is 2.52. The van der Waals surface area contributed by atoms with Crippen LogP contribution in [0.25, 0.3) is 0 Å². The number of carbonyl (C=O) groups is 1. The minimum absolute atomic E-state index is 0.00671. The van der Waals surface area contributed by atoms with Gasteiger partial charge in [-0.2, -0.15) is 0 Å². The highest BCUT2D eigenvalue weighted by Gasteiger charge is 2.08. The maximum absolute atomic E-state index is 11.4. The Bertz CT molecular complexity index is 588. The highest BCUT2D eigenvalue weighted by molar-refractivity contribution is 7.91. The second kappa shape index (κ2) is 5.81. The van der Waals surface area contributed by atoms with Crippen LogP contribution in [-0.2, 0) is 16.4 Å². The van der Waals surface area contributed by atoms with Crippen molar-refractivity contribution in [2.45, 2.75) is 19.9 Å². The summed E-state index contributed by atoms with van der Waals surface area (Å²) in [7, 11) is -3.06. The van der Waals surface area contributed by atoms with Gasteiger partial charge < -0.3 is 9.67 Å². The highest BCUT2D eigenvalue weighted by Crippen LogP contribution is 1.99. The maximum atomic E-state index is 11.4. The van der Waals surface area contributed by atoms with Crippen LogP contribution < -0.4 is 5.56 Å². The zero-order chi connectivity index (χ0) is 13.8. The van der Waals surface area contributed by atoms with Crippen molar-refractivity contribution in [1.82, 2.24) is 4.57 Å². The van der Waals surface area contributed by atoms with Crippen molar-refractivity contribution in [3.05, 3.63) is 34.2 Å². The minimum Gasteiger partial charge on any atom is -0.478 e. The fraction of sp³-hybridized carbons (Fsp3) is 0.455. The Labute approximate surface area is 105 Å². The summed E-state index contributed by atoms with van der Waals surface area (Å²) in [5.41, 5.74) is -0.332. The molecule has 18 heavy (non-hydrogen) atoms. The van der Waals surface area contributed by atoms with Crippen molar-refractivity contribution in [3.63, 3.8) is 0 Å². The van der Waals surface area contributed by atoms with Crippen LogP contribution in [0.4, 0.5) is 0 Å². The summed E-state index contributed by atoms with van der Waals surface area (Å²) in [5.74, 6) is -1.06. The number of carboxylic acids is 1. The van der Waals surface area contributed by atoms with E-state index in [1.165, 1.54) is 16.8 Å². The van der Waals surface area contributed by atoms with E-state index in [0.29, 0.717) is 6.42 Å². The van der Waals surface area contributed by atoms with E-state index in [2.05, 4.69) is 0 Å². The van der Waals surface area contributed by atoms with Crippen LogP contribution in [0.1, 0.15) is 23.7 Å². The van der Waals surface area contributed by atoms with E-state index in [1.807, 2.05) is 0 Å². The molecule has 0 fully saturated rings. The van der Waals surface area contributed by atoms with Crippen molar-refractivity contribution in [2.75, 3.05) is 11.5 Å². The van der Waals surface area contributed by atoms with Gasteiger partial charge in [-0.1, -0.05) is 6.92 Å². The highest BCUT2D eigenvalue weighted by atomic mass is 32.2. The molecular weight excluding hydrogens is 258 g/mol. The van der Waals surface area contributed by atoms with Gasteiger partial charge in [-0.3, -0.25) is 4.79 Å². The van der Waals surface area contributed by atoms with Gasteiger partial charge >= 0.3 is 5.97 Å². The lowest BCUT2D eigenvalue weighted by molar-refractivity contribution is 0.0695. The van der Waals surface area contributed by atoms with Gasteiger partial charge in [-0.15, -0.1) is 0 Å². The van der Waals surface area contributed by atoms with E-state index in [-0.39, 0.29) is 29.2 Å². The molecule has 0 unspecified atom stereocenters. The molecule has 1 rings (SSSR count). The lowest BCUT2D eigenvalue weighted by Crippen LogP contribution is -2.22.